The molecule has 3 rings (SSSR count). The van der Waals surface area contributed by atoms with E-state index in [0.29, 0.717) is 12.0 Å². The van der Waals surface area contributed by atoms with Crippen LogP contribution in [0, 0.1) is 0 Å². The third kappa shape index (κ3) is 3.79. The van der Waals surface area contributed by atoms with Crippen molar-refractivity contribution in [3.63, 3.8) is 0 Å². The first-order chi connectivity index (χ1) is 12.5. The number of pyridine rings is 1. The second-order valence-electron chi connectivity index (χ2n) is 5.72. The Labute approximate surface area is 150 Å². The monoisotopic (exact) mass is 376 g/mol. The van der Waals surface area contributed by atoms with Gasteiger partial charge in [0.25, 0.3) is 0 Å². The van der Waals surface area contributed by atoms with E-state index in [1.54, 1.807) is 30.5 Å². The topological polar surface area (TPSA) is 103 Å². The van der Waals surface area contributed by atoms with Crippen molar-refractivity contribution in [3.8, 4) is 11.1 Å². The summed E-state index contributed by atoms with van der Waals surface area (Å²) in [6.45, 7) is -0.0122. The Morgan fingerprint density at radius 1 is 1.31 bits per heavy atom. The minimum absolute atomic E-state index is 0.00107. The highest BCUT2D eigenvalue weighted by Crippen LogP contribution is 2.21. The summed E-state index contributed by atoms with van der Waals surface area (Å²) in [5.74, 6) is 0.0433. The van der Waals surface area contributed by atoms with E-state index in [0.717, 1.165) is 21.4 Å². The molecule has 0 saturated heterocycles. The van der Waals surface area contributed by atoms with Crippen molar-refractivity contribution in [1.82, 2.24) is 14.2 Å². The van der Waals surface area contributed by atoms with E-state index in [9.17, 15) is 13.4 Å². The predicted molar refractivity (Wildman–Crippen MR) is 97.6 cm³/mol. The minimum Gasteiger partial charge on any atom is -0.327 e. The summed E-state index contributed by atoms with van der Waals surface area (Å²) < 4.78 is 35.3. The molecule has 0 aliphatic rings. The summed E-state index contributed by atoms with van der Waals surface area (Å²) in [6, 6.07) is 10.7. The maximum atomic E-state index is 12.7. The Bertz CT molecular complexity index is 1060. The third-order valence-electron chi connectivity index (χ3n) is 3.90. The van der Waals surface area contributed by atoms with Crippen LogP contribution in [0.5, 0.6) is 0 Å². The molecule has 1 unspecified atom stereocenters. The first-order valence-electron chi connectivity index (χ1n) is 7.76. The van der Waals surface area contributed by atoms with E-state index in [-0.39, 0.29) is 30.1 Å². The van der Waals surface area contributed by atoms with Crippen LogP contribution < -0.4 is 11.4 Å². The lowest BCUT2D eigenvalue weighted by molar-refractivity contribution is 0.563. The Hall–Kier alpha value is -2.62. The van der Waals surface area contributed by atoms with Crippen molar-refractivity contribution in [1.29, 1.82) is 0 Å². The van der Waals surface area contributed by atoms with Gasteiger partial charge >= 0.3 is 5.69 Å². The molecule has 7 nitrogen and oxygen atoms in total. The summed E-state index contributed by atoms with van der Waals surface area (Å²) >= 11 is -1.92. The number of nitrogens with zero attached hydrogens (tertiary/aromatic N) is 3. The lowest BCUT2D eigenvalue weighted by atomic mass is 10.0. The van der Waals surface area contributed by atoms with Gasteiger partial charge in [0.1, 0.15) is 0 Å². The Morgan fingerprint density at radius 2 is 2.08 bits per heavy atom. The lowest BCUT2D eigenvalue weighted by Crippen LogP contribution is -2.23. The molecule has 3 aromatic rings. The number of hydrogen-bond acceptors (Lipinski definition) is 4. The average molecular weight is 376 g/mol. The standard InChI is InChI=1S/C17H17FN4O3S/c18-8-13(9-19)10-22-17(23)21-5-4-15(7-16(21)20-22)14-3-1-2-12(6-14)11-26(24)25/h1-8H,9-11,19H2,(H,24,25)/b13-8+. The molecule has 2 aromatic heterocycles. The van der Waals surface area contributed by atoms with E-state index < -0.39 is 11.1 Å². The minimum atomic E-state index is -1.92. The Kier molecular flexibility index (Phi) is 5.40. The van der Waals surface area contributed by atoms with Crippen LogP contribution in [0.15, 0.2) is 59.3 Å². The largest absolute Gasteiger partial charge is 0.350 e. The first-order valence-corrected chi connectivity index (χ1v) is 9.03. The molecule has 0 bridgehead atoms. The Balaban J connectivity index is 2.00. The predicted octanol–water partition coefficient (Wildman–Crippen LogP) is 1.70. The summed E-state index contributed by atoms with van der Waals surface area (Å²) in [6.07, 6.45) is 1.98. The van der Waals surface area contributed by atoms with Gasteiger partial charge in [0.05, 0.1) is 18.6 Å². The van der Waals surface area contributed by atoms with Gasteiger partial charge in [0, 0.05) is 12.7 Å². The normalized spacial score (nSPS) is 13.3. The second-order valence-corrected chi connectivity index (χ2v) is 6.65. The van der Waals surface area contributed by atoms with Gasteiger partial charge in [-0.1, -0.05) is 24.3 Å². The molecule has 9 heteroatoms. The van der Waals surface area contributed by atoms with Crippen molar-refractivity contribution < 1.29 is 13.2 Å². The molecule has 0 radical (unpaired) electrons. The van der Waals surface area contributed by atoms with Crippen LogP contribution >= 0.6 is 0 Å². The maximum absolute atomic E-state index is 12.7. The molecule has 136 valence electrons. The average Bonchev–Trinajstić information content (AvgIpc) is 2.94. The number of hydrogen-bond donors (Lipinski definition) is 2. The third-order valence-corrected chi connectivity index (χ3v) is 4.48. The molecule has 0 aliphatic carbocycles. The number of benzene rings is 1. The quantitative estimate of drug-likeness (QED) is 0.638. The van der Waals surface area contributed by atoms with Crippen LogP contribution in [0.3, 0.4) is 0 Å². The number of fused-ring (bicyclic) bond motifs is 1. The molecule has 0 saturated carbocycles. The van der Waals surface area contributed by atoms with Crippen molar-refractivity contribution in [2.24, 2.45) is 5.73 Å². The molecule has 1 atom stereocenters. The van der Waals surface area contributed by atoms with Gasteiger partial charge in [0.2, 0.25) is 0 Å². The van der Waals surface area contributed by atoms with Gasteiger partial charge < -0.3 is 10.3 Å². The number of rotatable bonds is 6. The lowest BCUT2D eigenvalue weighted by Gasteiger charge is -2.04. The van der Waals surface area contributed by atoms with Crippen molar-refractivity contribution in [3.05, 3.63) is 70.5 Å². The van der Waals surface area contributed by atoms with Crippen LogP contribution in [0.2, 0.25) is 0 Å². The van der Waals surface area contributed by atoms with Gasteiger partial charge in [0.15, 0.2) is 16.7 Å². The first kappa shape index (κ1) is 18.2. The summed E-state index contributed by atoms with van der Waals surface area (Å²) in [5.41, 5.74) is 8.09. The van der Waals surface area contributed by atoms with Crippen LogP contribution in [0.1, 0.15) is 5.56 Å². The van der Waals surface area contributed by atoms with Crippen molar-refractivity contribution in [2.45, 2.75) is 12.3 Å². The zero-order valence-corrected chi connectivity index (χ0v) is 14.5. The van der Waals surface area contributed by atoms with E-state index in [2.05, 4.69) is 5.10 Å². The fourth-order valence-electron chi connectivity index (χ4n) is 2.62. The van der Waals surface area contributed by atoms with E-state index in [4.69, 9.17) is 10.3 Å². The van der Waals surface area contributed by atoms with Crippen LogP contribution in [0.25, 0.3) is 16.8 Å². The van der Waals surface area contributed by atoms with Gasteiger partial charge in [-0.25, -0.2) is 18.1 Å². The molecule has 2 heterocycles. The molecule has 1 aromatic carbocycles. The zero-order chi connectivity index (χ0) is 18.7. The SMILES string of the molecule is NC/C(=C\F)Cn1nc2cc(-c3cccc(CS(=O)O)c3)ccn2c1=O. The highest BCUT2D eigenvalue weighted by atomic mass is 32.2. The molecule has 26 heavy (non-hydrogen) atoms. The molecule has 0 aliphatic heterocycles. The number of aromatic nitrogens is 3. The van der Waals surface area contributed by atoms with Crippen LogP contribution in [-0.2, 0) is 23.4 Å². The zero-order valence-electron chi connectivity index (χ0n) is 13.7. The van der Waals surface area contributed by atoms with Gasteiger partial charge in [-0.2, -0.15) is 0 Å². The van der Waals surface area contributed by atoms with E-state index >= 15 is 0 Å². The molecule has 3 N–H and O–H groups in total. The second kappa shape index (κ2) is 7.73. The van der Waals surface area contributed by atoms with Gasteiger partial charge in [-0.15, -0.1) is 5.10 Å². The molecule has 0 amide bonds. The molecule has 0 spiro atoms. The fraction of sp³-hybridized carbons (Fsp3) is 0.176. The molecular formula is C17H17FN4O3S. The summed E-state index contributed by atoms with van der Waals surface area (Å²) in [7, 11) is 0. The Morgan fingerprint density at radius 3 is 2.77 bits per heavy atom. The highest BCUT2D eigenvalue weighted by molar-refractivity contribution is 7.78. The summed E-state index contributed by atoms with van der Waals surface area (Å²) in [5, 5.41) is 4.22. The van der Waals surface area contributed by atoms with Crippen LogP contribution in [0.4, 0.5) is 4.39 Å². The van der Waals surface area contributed by atoms with Crippen LogP contribution in [-0.4, -0.2) is 29.5 Å². The van der Waals surface area contributed by atoms with Gasteiger partial charge in [-0.05, 0) is 34.4 Å². The van der Waals surface area contributed by atoms with Crippen molar-refractivity contribution in [2.75, 3.05) is 6.54 Å². The fourth-order valence-corrected chi connectivity index (χ4v) is 3.08. The number of nitrogens with two attached hydrogens (primary N) is 1. The van der Waals surface area contributed by atoms with Gasteiger partial charge in [-0.3, -0.25) is 4.40 Å². The van der Waals surface area contributed by atoms with E-state index in [1.165, 1.54) is 4.40 Å². The highest BCUT2D eigenvalue weighted by Gasteiger charge is 2.10. The summed E-state index contributed by atoms with van der Waals surface area (Å²) in [4.78, 5) is 12.3. The molecule has 0 fully saturated rings. The number of halogens is 1. The smallest absolute Gasteiger partial charge is 0.327 e. The molecular weight excluding hydrogens is 359 g/mol. The van der Waals surface area contributed by atoms with E-state index in [1.807, 2.05) is 12.1 Å². The maximum Gasteiger partial charge on any atom is 0.350 e. The van der Waals surface area contributed by atoms with Crippen molar-refractivity contribution >= 4 is 16.7 Å².